The summed E-state index contributed by atoms with van der Waals surface area (Å²) in [5.74, 6) is -10.5. The van der Waals surface area contributed by atoms with E-state index in [4.69, 9.17) is 5.73 Å². The molecule has 0 aromatic heterocycles. The van der Waals surface area contributed by atoms with Gasteiger partial charge in [0, 0.05) is 17.4 Å². The predicted molar refractivity (Wildman–Crippen MR) is 122 cm³/mol. The van der Waals surface area contributed by atoms with E-state index < -0.39 is 88.3 Å². The molecule has 10 heteroatoms. The molecular formula is C26H24FNO8. The molecule has 7 atom stereocenters. The summed E-state index contributed by atoms with van der Waals surface area (Å²) in [5.41, 5.74) is 3.13. The summed E-state index contributed by atoms with van der Waals surface area (Å²) in [6, 6.07) is 8.29. The molecule has 0 spiro atoms. The summed E-state index contributed by atoms with van der Waals surface area (Å²) >= 11 is 0. The van der Waals surface area contributed by atoms with Crippen LogP contribution >= 0.6 is 0 Å². The monoisotopic (exact) mass is 497 g/mol. The second-order valence-electron chi connectivity index (χ2n) is 9.74. The molecule has 2 aromatic carbocycles. The number of ketones is 2. The second-order valence-corrected chi connectivity index (χ2v) is 9.74. The Morgan fingerprint density at radius 2 is 1.72 bits per heavy atom. The van der Waals surface area contributed by atoms with Crippen molar-refractivity contribution in [2.24, 2.45) is 23.5 Å². The van der Waals surface area contributed by atoms with Crippen LogP contribution in [0.4, 0.5) is 4.39 Å². The van der Waals surface area contributed by atoms with Crippen LogP contribution in [-0.2, 0) is 9.59 Å². The van der Waals surface area contributed by atoms with E-state index in [1.165, 1.54) is 30.3 Å². The fourth-order valence-corrected chi connectivity index (χ4v) is 6.26. The number of carbonyl (C=O) groups is 3. The highest BCUT2D eigenvalue weighted by atomic mass is 19.1. The molecule has 1 saturated carbocycles. The van der Waals surface area contributed by atoms with Gasteiger partial charge in [0.25, 0.3) is 0 Å². The van der Waals surface area contributed by atoms with Crippen molar-refractivity contribution < 1.29 is 44.3 Å². The van der Waals surface area contributed by atoms with Crippen LogP contribution in [0.3, 0.4) is 0 Å². The molecule has 1 amide bonds. The number of hydrogen-bond acceptors (Lipinski definition) is 8. The Kier molecular flexibility index (Phi) is 5.33. The Hall–Kier alpha value is -3.60. The van der Waals surface area contributed by atoms with Crippen molar-refractivity contribution in [2.45, 2.75) is 37.1 Å². The zero-order valence-corrected chi connectivity index (χ0v) is 19.1. The highest BCUT2D eigenvalue weighted by Gasteiger charge is 2.66. The lowest BCUT2D eigenvalue weighted by molar-refractivity contribution is -0.179. The van der Waals surface area contributed by atoms with Crippen molar-refractivity contribution in [3.8, 4) is 16.9 Å². The average Bonchev–Trinajstić information content (AvgIpc) is 2.82. The van der Waals surface area contributed by atoms with Crippen LogP contribution in [-0.4, -0.2) is 60.8 Å². The Labute approximate surface area is 204 Å². The highest BCUT2D eigenvalue weighted by Crippen LogP contribution is 2.56. The third-order valence-corrected chi connectivity index (χ3v) is 7.96. The van der Waals surface area contributed by atoms with Crippen LogP contribution in [0.15, 0.2) is 47.7 Å². The van der Waals surface area contributed by atoms with Gasteiger partial charge in [-0.2, -0.15) is 0 Å². The summed E-state index contributed by atoms with van der Waals surface area (Å²) in [5, 5.41) is 55.0. The topological polar surface area (TPSA) is 178 Å². The van der Waals surface area contributed by atoms with E-state index in [0.29, 0.717) is 16.7 Å². The molecule has 2 unspecified atom stereocenters. The van der Waals surface area contributed by atoms with Gasteiger partial charge in [-0.05, 0) is 47.2 Å². The lowest BCUT2D eigenvalue weighted by atomic mass is 9.54. The number of halogens is 1. The first-order valence-corrected chi connectivity index (χ1v) is 11.4. The first-order valence-electron chi connectivity index (χ1n) is 11.4. The van der Waals surface area contributed by atoms with Gasteiger partial charge in [-0.3, -0.25) is 14.4 Å². The number of aliphatic hydroxyl groups is 4. The van der Waals surface area contributed by atoms with Crippen LogP contribution in [0.5, 0.6) is 5.75 Å². The number of carbonyl (C=O) groups excluding carboxylic acids is 3. The fraction of sp³-hybridized carbons (Fsp3) is 0.346. The van der Waals surface area contributed by atoms with Gasteiger partial charge in [-0.15, -0.1) is 0 Å². The van der Waals surface area contributed by atoms with Crippen molar-refractivity contribution in [3.05, 3.63) is 64.7 Å². The first kappa shape index (κ1) is 24.1. The fourth-order valence-electron chi connectivity index (χ4n) is 6.26. The molecule has 1 fully saturated rings. The number of amides is 1. The third-order valence-electron chi connectivity index (χ3n) is 7.96. The number of nitrogens with two attached hydrogens (primary N) is 1. The van der Waals surface area contributed by atoms with E-state index in [-0.39, 0.29) is 5.56 Å². The molecule has 0 bridgehead atoms. The summed E-state index contributed by atoms with van der Waals surface area (Å²) in [7, 11) is 0. The van der Waals surface area contributed by atoms with Gasteiger partial charge in [0.1, 0.15) is 23.2 Å². The molecular weight excluding hydrogens is 473 g/mol. The predicted octanol–water partition coefficient (Wildman–Crippen LogP) is 1.08. The molecule has 5 rings (SSSR count). The number of primary amides is 1. The van der Waals surface area contributed by atoms with E-state index in [1.54, 1.807) is 13.0 Å². The molecule has 0 heterocycles. The lowest BCUT2D eigenvalue weighted by Gasteiger charge is -2.52. The number of phenolic OH excluding ortho intramolecular Hbond substituents is 1. The average molecular weight is 497 g/mol. The Bertz CT molecular complexity index is 1350. The Morgan fingerprint density at radius 1 is 1.08 bits per heavy atom. The van der Waals surface area contributed by atoms with Gasteiger partial charge in [-0.25, -0.2) is 4.39 Å². The van der Waals surface area contributed by atoms with Gasteiger partial charge in [0.15, 0.2) is 17.2 Å². The van der Waals surface area contributed by atoms with Crippen molar-refractivity contribution in [3.63, 3.8) is 0 Å². The second kappa shape index (κ2) is 7.95. The Balaban J connectivity index is 1.75. The molecule has 3 aliphatic rings. The van der Waals surface area contributed by atoms with E-state index in [9.17, 15) is 44.3 Å². The molecule has 36 heavy (non-hydrogen) atoms. The minimum atomic E-state index is -2.83. The van der Waals surface area contributed by atoms with Gasteiger partial charge >= 0.3 is 0 Å². The molecule has 3 aliphatic carbocycles. The van der Waals surface area contributed by atoms with E-state index in [1.807, 2.05) is 0 Å². The summed E-state index contributed by atoms with van der Waals surface area (Å²) in [6.07, 6.45) is -3.64. The maximum atomic E-state index is 13.7. The number of fused-ring (bicyclic) bond motifs is 3. The minimum Gasteiger partial charge on any atom is -0.508 e. The van der Waals surface area contributed by atoms with Crippen LogP contribution in [0, 0.1) is 23.6 Å². The molecule has 2 aromatic rings. The molecule has 7 N–H and O–H groups in total. The number of rotatable bonds is 2. The largest absolute Gasteiger partial charge is 0.508 e. The smallest absolute Gasteiger partial charge is 0.230 e. The zero-order valence-electron chi connectivity index (χ0n) is 19.1. The van der Waals surface area contributed by atoms with Crippen LogP contribution in [0.2, 0.25) is 0 Å². The van der Waals surface area contributed by atoms with Crippen molar-refractivity contribution >= 4 is 17.5 Å². The lowest BCUT2D eigenvalue weighted by Crippen LogP contribution is -2.67. The minimum absolute atomic E-state index is 0.189. The maximum Gasteiger partial charge on any atom is 0.230 e. The van der Waals surface area contributed by atoms with Gasteiger partial charge in [-0.1, -0.05) is 25.1 Å². The summed E-state index contributed by atoms with van der Waals surface area (Å²) < 4.78 is 13.5. The van der Waals surface area contributed by atoms with Crippen LogP contribution in [0.1, 0.15) is 35.2 Å². The van der Waals surface area contributed by atoms with Crippen molar-refractivity contribution in [1.82, 2.24) is 0 Å². The van der Waals surface area contributed by atoms with Crippen LogP contribution in [0.25, 0.3) is 11.1 Å². The SMILES string of the molecule is C[C@H]1c2c(-c3ccc(F)cc3)ccc(O)c2C(=O)C2=C(O)[C@]3(O)C(=O)C(C(N)=O)C(O)C[C@@H]3[C@@H](O)[C@@H]21. The van der Waals surface area contributed by atoms with E-state index in [2.05, 4.69) is 0 Å². The highest BCUT2D eigenvalue weighted by molar-refractivity contribution is 6.16. The molecule has 0 aliphatic heterocycles. The Morgan fingerprint density at radius 3 is 2.33 bits per heavy atom. The molecule has 0 saturated heterocycles. The van der Waals surface area contributed by atoms with E-state index >= 15 is 0 Å². The quantitative estimate of drug-likeness (QED) is 0.334. The number of aromatic hydroxyl groups is 1. The van der Waals surface area contributed by atoms with E-state index in [0.717, 1.165) is 0 Å². The van der Waals surface area contributed by atoms with Gasteiger partial charge in [0.05, 0.1) is 17.8 Å². The van der Waals surface area contributed by atoms with Crippen molar-refractivity contribution in [1.29, 1.82) is 0 Å². The maximum absolute atomic E-state index is 13.7. The van der Waals surface area contributed by atoms with Gasteiger partial charge in [0.2, 0.25) is 5.91 Å². The molecule has 188 valence electrons. The molecule has 0 radical (unpaired) electrons. The summed E-state index contributed by atoms with van der Waals surface area (Å²) in [6.45, 7) is 1.65. The normalized spacial score (nSPS) is 33.6. The third kappa shape index (κ3) is 3.01. The number of hydrogen-bond donors (Lipinski definition) is 6. The zero-order chi connectivity index (χ0) is 26.3. The number of aliphatic hydroxyl groups excluding tert-OH is 3. The van der Waals surface area contributed by atoms with Crippen LogP contribution < -0.4 is 5.73 Å². The van der Waals surface area contributed by atoms with Gasteiger partial charge < -0.3 is 31.3 Å². The standard InChI is InChI=1S/C26H24FNO8/c1-9-16-12(10-2-4-11(27)5-3-10)6-7-14(29)18(16)22(32)20-17(9)21(31)13-8-15(30)19(25(28)35)23(33)26(13,36)24(20)34/h2-7,9,13,15,17,19,21,29-31,34,36H,8H2,1H3,(H2,28,35)/t9-,13+,15?,17+,19?,21+,26+/m0/s1. The summed E-state index contributed by atoms with van der Waals surface area (Å²) in [4.78, 5) is 38.7. The first-order chi connectivity index (χ1) is 16.9. The number of Topliss-reactive ketones (excluding diaryl/α,β-unsaturated/α-hetero) is 2. The molecule has 9 nitrogen and oxygen atoms in total. The number of benzene rings is 2. The number of phenols is 1. The van der Waals surface area contributed by atoms with Crippen molar-refractivity contribution in [2.75, 3.05) is 0 Å².